The standard InChI is InChI=1S/C42H60N10O12/c1-28(35(54)49-32(38(57)62-26-29-15-7-5-8-16-29)19-11-12-22-45-40(58)63-27-30-17-9-6-10-18-30)47-36(55)33-21-14-24-51(33)37(56)31(20-13-23-44-39(43)50-52(60)61)48-34(53)25-46-41(59)64-42(2,3)4/h5-10,15-18,28,31-33H,11-14,19-27H2,1-4H3,(H,45,58)(H,46,59)(H,47,55)(H,48,53)(H,49,54)(H3,43,44,50)/t28-,31-,32-,33-/m0/s1. The van der Waals surface area contributed by atoms with Gasteiger partial charge in [-0.05, 0) is 83.8 Å². The Hall–Kier alpha value is -7.00. The molecule has 0 spiro atoms. The molecule has 22 nitrogen and oxygen atoms in total. The smallest absolute Gasteiger partial charge is 0.408 e. The number of benzene rings is 2. The number of hydrazine groups is 1. The van der Waals surface area contributed by atoms with Gasteiger partial charge in [0.05, 0.1) is 0 Å². The van der Waals surface area contributed by atoms with E-state index in [2.05, 4.69) is 31.6 Å². The topological polar surface area (TPSA) is 304 Å². The maximum Gasteiger partial charge on any atom is 0.408 e. The van der Waals surface area contributed by atoms with Gasteiger partial charge in [-0.3, -0.25) is 19.2 Å². The molecule has 2 aromatic rings. The maximum atomic E-state index is 14.0. The summed E-state index contributed by atoms with van der Waals surface area (Å²) >= 11 is 0. The summed E-state index contributed by atoms with van der Waals surface area (Å²) in [5.74, 6) is -3.86. The third-order valence-electron chi connectivity index (χ3n) is 9.38. The number of amides is 6. The molecule has 0 bridgehead atoms. The second kappa shape index (κ2) is 26.5. The SMILES string of the molecule is C[C@H](NC(=O)[C@@H]1CCCN1C(=O)[C@H](CCCN=C(N)N[N+](=O)[O-])NC(=O)CNC(=O)OC(C)(C)C)C(=O)N[C@@H](CCCCNC(=O)OCc1ccccc1)C(=O)OCc1ccccc1. The number of carbonyl (C=O) groups excluding carboxylic acids is 7. The van der Waals surface area contributed by atoms with E-state index >= 15 is 0 Å². The van der Waals surface area contributed by atoms with Crippen molar-refractivity contribution in [3.8, 4) is 0 Å². The van der Waals surface area contributed by atoms with Gasteiger partial charge in [0, 0.05) is 19.6 Å². The van der Waals surface area contributed by atoms with Crippen molar-refractivity contribution in [1.29, 1.82) is 0 Å². The average molecular weight is 897 g/mol. The molecule has 4 atom stereocenters. The monoisotopic (exact) mass is 896 g/mol. The zero-order chi connectivity index (χ0) is 47.1. The number of esters is 1. The fourth-order valence-electron chi connectivity index (χ4n) is 6.28. The van der Waals surface area contributed by atoms with Crippen LogP contribution in [0.2, 0.25) is 0 Å². The van der Waals surface area contributed by atoms with Crippen molar-refractivity contribution in [2.45, 2.75) is 116 Å². The molecule has 8 N–H and O–H groups in total. The van der Waals surface area contributed by atoms with Gasteiger partial charge in [-0.2, -0.15) is 0 Å². The molecule has 0 aromatic heterocycles. The first-order valence-electron chi connectivity index (χ1n) is 20.9. The van der Waals surface area contributed by atoms with Gasteiger partial charge in [-0.15, -0.1) is 0 Å². The van der Waals surface area contributed by atoms with Gasteiger partial charge in [0.1, 0.15) is 49.5 Å². The van der Waals surface area contributed by atoms with E-state index in [4.69, 9.17) is 19.9 Å². The molecule has 0 unspecified atom stereocenters. The molecule has 1 aliphatic heterocycles. The molecule has 1 heterocycles. The lowest BCUT2D eigenvalue weighted by atomic mass is 10.1. The molecule has 6 amide bonds. The Labute approximate surface area is 371 Å². The number of likely N-dealkylation sites (tertiary alicyclic amines) is 1. The Kier molecular flexibility index (Phi) is 21.2. The van der Waals surface area contributed by atoms with E-state index in [1.165, 1.54) is 11.8 Å². The van der Waals surface area contributed by atoms with Gasteiger partial charge in [0.2, 0.25) is 23.6 Å². The molecule has 350 valence electrons. The van der Waals surface area contributed by atoms with Crippen LogP contribution in [-0.2, 0) is 51.4 Å². The van der Waals surface area contributed by atoms with Crippen LogP contribution in [0.4, 0.5) is 9.59 Å². The number of ether oxygens (including phenoxy) is 3. The average Bonchev–Trinajstić information content (AvgIpc) is 3.75. The number of aliphatic imine (C=N–C) groups is 1. The summed E-state index contributed by atoms with van der Waals surface area (Å²) in [6.45, 7) is 6.23. The minimum atomic E-state index is -1.21. The molecule has 0 radical (unpaired) electrons. The zero-order valence-corrected chi connectivity index (χ0v) is 36.6. The van der Waals surface area contributed by atoms with Crippen LogP contribution in [0.5, 0.6) is 0 Å². The van der Waals surface area contributed by atoms with Crippen molar-refractivity contribution in [3.05, 3.63) is 81.9 Å². The van der Waals surface area contributed by atoms with Crippen molar-refractivity contribution >= 4 is 47.7 Å². The Balaban J connectivity index is 1.62. The Bertz CT molecular complexity index is 1910. The molecular formula is C42H60N10O12. The third-order valence-corrected chi connectivity index (χ3v) is 9.38. The summed E-state index contributed by atoms with van der Waals surface area (Å²) in [5, 5.41) is 22.6. The maximum absolute atomic E-state index is 14.0. The second-order valence-electron chi connectivity index (χ2n) is 15.8. The van der Waals surface area contributed by atoms with Gasteiger partial charge in [-0.1, -0.05) is 66.1 Å². The van der Waals surface area contributed by atoms with Crippen molar-refractivity contribution in [2.75, 3.05) is 26.2 Å². The van der Waals surface area contributed by atoms with Crippen LogP contribution in [0.15, 0.2) is 65.7 Å². The van der Waals surface area contributed by atoms with E-state index in [-0.39, 0.29) is 58.5 Å². The number of alkyl carbamates (subject to hydrolysis) is 2. The number of hydrogen-bond donors (Lipinski definition) is 7. The fraction of sp³-hybridized carbons (Fsp3) is 0.524. The molecule has 2 aromatic carbocycles. The molecule has 1 fully saturated rings. The highest BCUT2D eigenvalue weighted by Crippen LogP contribution is 2.20. The molecule has 64 heavy (non-hydrogen) atoms. The molecule has 3 rings (SSSR count). The van der Waals surface area contributed by atoms with Crippen LogP contribution in [-0.4, -0.2) is 114 Å². The summed E-state index contributed by atoms with van der Waals surface area (Å²) < 4.78 is 15.9. The summed E-state index contributed by atoms with van der Waals surface area (Å²) in [6.07, 6.45) is 0.303. The summed E-state index contributed by atoms with van der Waals surface area (Å²) in [7, 11) is 0. The molecule has 22 heteroatoms. The van der Waals surface area contributed by atoms with Gasteiger partial charge in [-0.25, -0.2) is 29.5 Å². The number of unbranched alkanes of at least 4 members (excludes halogenated alkanes) is 1. The number of nitro groups is 1. The predicted octanol–water partition coefficient (Wildman–Crippen LogP) is 1.69. The van der Waals surface area contributed by atoms with Gasteiger partial charge in [0.15, 0.2) is 5.03 Å². The Morgan fingerprint density at radius 1 is 0.844 bits per heavy atom. The van der Waals surface area contributed by atoms with Crippen LogP contribution in [0.25, 0.3) is 0 Å². The van der Waals surface area contributed by atoms with Crippen LogP contribution in [0.3, 0.4) is 0 Å². The number of rotatable bonds is 23. The lowest BCUT2D eigenvalue weighted by molar-refractivity contribution is -0.525. The van der Waals surface area contributed by atoms with E-state index in [9.17, 15) is 43.7 Å². The van der Waals surface area contributed by atoms with Crippen LogP contribution in [0.1, 0.15) is 83.8 Å². The second-order valence-corrected chi connectivity index (χ2v) is 15.8. The van der Waals surface area contributed by atoms with E-state index in [1.54, 1.807) is 50.5 Å². The van der Waals surface area contributed by atoms with Crippen LogP contribution in [0, 0.1) is 10.1 Å². The number of guanidine groups is 1. The van der Waals surface area contributed by atoms with E-state index in [0.717, 1.165) is 11.1 Å². The van der Waals surface area contributed by atoms with Crippen molar-refractivity contribution in [1.82, 2.24) is 36.9 Å². The summed E-state index contributed by atoms with van der Waals surface area (Å²) in [6, 6.07) is 13.6. The normalized spacial score (nSPS) is 15.0. The Morgan fingerprint density at radius 3 is 2.09 bits per heavy atom. The predicted molar refractivity (Wildman–Crippen MR) is 231 cm³/mol. The van der Waals surface area contributed by atoms with Gasteiger partial charge >= 0.3 is 18.2 Å². The summed E-state index contributed by atoms with van der Waals surface area (Å²) in [4.78, 5) is 107. The molecule has 1 saturated heterocycles. The van der Waals surface area contributed by atoms with E-state index in [1.807, 2.05) is 36.4 Å². The number of hydrogen-bond acceptors (Lipinski definition) is 13. The molecule has 1 aliphatic rings. The minimum Gasteiger partial charge on any atom is -0.459 e. The van der Waals surface area contributed by atoms with Crippen LogP contribution < -0.4 is 37.7 Å². The van der Waals surface area contributed by atoms with Crippen molar-refractivity contribution in [3.63, 3.8) is 0 Å². The first-order valence-corrected chi connectivity index (χ1v) is 20.9. The molecule has 0 aliphatic carbocycles. The van der Waals surface area contributed by atoms with E-state index in [0.29, 0.717) is 19.3 Å². The molecular weight excluding hydrogens is 837 g/mol. The third kappa shape index (κ3) is 19.8. The quantitative estimate of drug-likeness (QED) is 0.0159. The van der Waals surface area contributed by atoms with Gasteiger partial charge in [0.25, 0.3) is 5.96 Å². The largest absolute Gasteiger partial charge is 0.459 e. The van der Waals surface area contributed by atoms with Crippen LogP contribution >= 0.6 is 0 Å². The highest BCUT2D eigenvalue weighted by Gasteiger charge is 2.38. The highest BCUT2D eigenvalue weighted by molar-refractivity contribution is 5.95. The number of nitrogens with one attached hydrogen (secondary N) is 6. The first-order chi connectivity index (χ1) is 30.4. The minimum absolute atomic E-state index is 0.0218. The fourth-order valence-corrected chi connectivity index (χ4v) is 6.28. The zero-order valence-electron chi connectivity index (χ0n) is 36.6. The highest BCUT2D eigenvalue weighted by atomic mass is 16.7. The van der Waals surface area contributed by atoms with Gasteiger partial charge < -0.3 is 51.4 Å². The van der Waals surface area contributed by atoms with E-state index < -0.39 is 89.1 Å². The van der Waals surface area contributed by atoms with Crippen molar-refractivity contribution in [2.24, 2.45) is 10.7 Å². The lowest BCUT2D eigenvalue weighted by Gasteiger charge is -2.29. The van der Waals surface area contributed by atoms with Crippen molar-refractivity contribution < 1.29 is 52.8 Å². The number of nitrogens with zero attached hydrogens (tertiary/aromatic N) is 3. The lowest BCUT2D eigenvalue weighted by Crippen LogP contribution is -2.57. The summed E-state index contributed by atoms with van der Waals surface area (Å²) in [5.41, 5.74) is 7.93. The number of carbonyl (C=O) groups is 7. The first kappa shape index (κ1) is 51.4. The number of nitrogens with two attached hydrogens (primary N) is 1. The molecule has 0 saturated carbocycles. The Morgan fingerprint density at radius 2 is 1.47 bits per heavy atom.